The molecule has 2 rings (SSSR count). The van der Waals surface area contributed by atoms with Gasteiger partial charge in [-0.05, 0) is 51.0 Å². The third-order valence-electron chi connectivity index (χ3n) is 3.77. The average molecular weight is 279 g/mol. The van der Waals surface area contributed by atoms with E-state index in [1.165, 1.54) is 12.8 Å². The lowest BCUT2D eigenvalue weighted by Crippen LogP contribution is -2.27. The summed E-state index contributed by atoms with van der Waals surface area (Å²) in [5.74, 6) is -0.857. The number of carboxylic acids is 1. The minimum Gasteiger partial charge on any atom is -0.478 e. The van der Waals surface area contributed by atoms with Crippen LogP contribution in [0.1, 0.15) is 41.6 Å². The van der Waals surface area contributed by atoms with Gasteiger partial charge in [-0.2, -0.15) is 11.8 Å². The first kappa shape index (κ1) is 14.3. The number of hydrogen-bond acceptors (Lipinski definition) is 3. The van der Waals surface area contributed by atoms with Crippen molar-refractivity contribution in [3.8, 4) is 0 Å². The van der Waals surface area contributed by atoms with Crippen LogP contribution in [0, 0.1) is 6.92 Å². The van der Waals surface area contributed by atoms with Gasteiger partial charge in [0, 0.05) is 17.0 Å². The van der Waals surface area contributed by atoms with Crippen molar-refractivity contribution in [2.45, 2.75) is 43.9 Å². The molecule has 4 heteroatoms. The van der Waals surface area contributed by atoms with Gasteiger partial charge in [-0.25, -0.2) is 4.79 Å². The van der Waals surface area contributed by atoms with E-state index in [0.29, 0.717) is 11.6 Å². The third-order valence-corrected chi connectivity index (χ3v) is 4.91. The van der Waals surface area contributed by atoms with E-state index in [-0.39, 0.29) is 0 Å². The zero-order valence-corrected chi connectivity index (χ0v) is 12.3. The number of aromatic carboxylic acids is 1. The minimum absolute atomic E-state index is 0.381. The second-order valence-corrected chi connectivity index (χ2v) is 6.35. The lowest BCUT2D eigenvalue weighted by Gasteiger charge is -2.29. The van der Waals surface area contributed by atoms with Crippen LogP contribution in [0.5, 0.6) is 0 Å². The molecule has 1 aliphatic carbocycles. The maximum atomic E-state index is 11.3. The summed E-state index contributed by atoms with van der Waals surface area (Å²) >= 11 is 1.94. The van der Waals surface area contributed by atoms with Gasteiger partial charge in [-0.15, -0.1) is 0 Å². The molecule has 0 radical (unpaired) electrons. The second-order valence-electron chi connectivity index (χ2n) is 5.21. The molecule has 3 nitrogen and oxygen atoms in total. The second kappa shape index (κ2) is 6.33. The van der Waals surface area contributed by atoms with Crippen LogP contribution in [0.3, 0.4) is 0 Å². The van der Waals surface area contributed by atoms with Crippen LogP contribution in [0.25, 0.3) is 0 Å². The van der Waals surface area contributed by atoms with E-state index in [0.717, 1.165) is 29.3 Å². The Bertz CT molecular complexity index is 453. The molecule has 104 valence electrons. The van der Waals surface area contributed by atoms with Gasteiger partial charge in [0.2, 0.25) is 0 Å². The van der Waals surface area contributed by atoms with Gasteiger partial charge >= 0.3 is 5.97 Å². The summed E-state index contributed by atoms with van der Waals surface area (Å²) in [4.78, 5) is 11.3. The first-order chi connectivity index (χ1) is 9.10. The smallest absolute Gasteiger partial charge is 0.337 e. The van der Waals surface area contributed by atoms with E-state index in [1.54, 1.807) is 6.07 Å². The summed E-state index contributed by atoms with van der Waals surface area (Å²) in [7, 11) is 0. The molecule has 0 amide bonds. The molecular weight excluding hydrogens is 258 g/mol. The highest BCUT2D eigenvalue weighted by Gasteiger charge is 2.21. The van der Waals surface area contributed by atoms with Crippen LogP contribution in [0.15, 0.2) is 18.2 Å². The first-order valence-electron chi connectivity index (χ1n) is 6.73. The molecule has 1 saturated carbocycles. The maximum Gasteiger partial charge on any atom is 0.337 e. The first-order valence-corrected chi connectivity index (χ1v) is 8.02. The Balaban J connectivity index is 2.05. The Kier molecular flexibility index (Phi) is 4.75. The number of carbonyl (C=O) groups is 1. The molecule has 0 aromatic heterocycles. The highest BCUT2D eigenvalue weighted by atomic mass is 32.2. The monoisotopic (exact) mass is 279 g/mol. The standard InChI is InChI=1S/C15H21NO2S/c1-10-3-8-14(13(9-10)15(17)18)16-11-4-6-12(19-2)7-5-11/h3,8-9,11-12,16H,4-7H2,1-2H3,(H,17,18). The molecule has 0 atom stereocenters. The molecule has 0 saturated heterocycles. The van der Waals surface area contributed by atoms with E-state index in [4.69, 9.17) is 0 Å². The van der Waals surface area contributed by atoms with Crippen molar-refractivity contribution in [1.82, 2.24) is 0 Å². The predicted molar refractivity (Wildman–Crippen MR) is 81.3 cm³/mol. The third kappa shape index (κ3) is 3.66. The van der Waals surface area contributed by atoms with Crippen LogP contribution in [-0.4, -0.2) is 28.6 Å². The number of carboxylic acid groups (broad SMARTS) is 1. The van der Waals surface area contributed by atoms with Crippen LogP contribution in [0.4, 0.5) is 5.69 Å². The number of aryl methyl sites for hydroxylation is 1. The minimum atomic E-state index is -0.857. The van der Waals surface area contributed by atoms with Gasteiger partial charge in [-0.1, -0.05) is 11.6 Å². The quantitative estimate of drug-likeness (QED) is 0.880. The van der Waals surface area contributed by atoms with Gasteiger partial charge in [0.15, 0.2) is 0 Å². The zero-order valence-electron chi connectivity index (χ0n) is 11.5. The summed E-state index contributed by atoms with van der Waals surface area (Å²) < 4.78 is 0. The molecule has 0 heterocycles. The summed E-state index contributed by atoms with van der Waals surface area (Å²) in [5.41, 5.74) is 2.12. The van der Waals surface area contributed by atoms with Crippen molar-refractivity contribution in [3.05, 3.63) is 29.3 Å². The van der Waals surface area contributed by atoms with Crippen LogP contribution < -0.4 is 5.32 Å². The van der Waals surface area contributed by atoms with E-state index >= 15 is 0 Å². The van der Waals surface area contributed by atoms with E-state index in [1.807, 2.05) is 30.8 Å². The Morgan fingerprint density at radius 1 is 1.32 bits per heavy atom. The molecule has 19 heavy (non-hydrogen) atoms. The molecule has 1 aliphatic rings. The highest BCUT2D eigenvalue weighted by molar-refractivity contribution is 7.99. The lowest BCUT2D eigenvalue weighted by molar-refractivity contribution is 0.0697. The van der Waals surface area contributed by atoms with Gasteiger partial charge in [0.05, 0.1) is 5.56 Å². The number of rotatable bonds is 4. The largest absolute Gasteiger partial charge is 0.478 e. The van der Waals surface area contributed by atoms with Gasteiger partial charge in [0.25, 0.3) is 0 Å². The molecule has 1 aromatic carbocycles. The Hall–Kier alpha value is -1.16. The van der Waals surface area contributed by atoms with Crippen molar-refractivity contribution in [2.75, 3.05) is 11.6 Å². The summed E-state index contributed by atoms with van der Waals surface area (Å²) in [5, 5.41) is 13.4. The van der Waals surface area contributed by atoms with E-state index in [9.17, 15) is 9.90 Å². The van der Waals surface area contributed by atoms with Crippen molar-refractivity contribution < 1.29 is 9.90 Å². The Labute approximate surface area is 118 Å². The molecule has 2 N–H and O–H groups in total. The number of benzene rings is 1. The average Bonchev–Trinajstić information content (AvgIpc) is 2.41. The number of hydrogen-bond donors (Lipinski definition) is 2. The van der Waals surface area contributed by atoms with Crippen LogP contribution >= 0.6 is 11.8 Å². The highest BCUT2D eigenvalue weighted by Crippen LogP contribution is 2.29. The maximum absolute atomic E-state index is 11.3. The fourth-order valence-electron chi connectivity index (χ4n) is 2.62. The lowest BCUT2D eigenvalue weighted by atomic mass is 9.94. The Morgan fingerprint density at radius 2 is 2.00 bits per heavy atom. The van der Waals surface area contributed by atoms with Crippen molar-refractivity contribution in [3.63, 3.8) is 0 Å². The molecule has 0 bridgehead atoms. The van der Waals surface area contributed by atoms with Crippen molar-refractivity contribution in [2.24, 2.45) is 0 Å². The molecule has 0 aliphatic heterocycles. The Morgan fingerprint density at radius 3 is 2.58 bits per heavy atom. The fraction of sp³-hybridized carbons (Fsp3) is 0.533. The molecule has 1 aromatic rings. The van der Waals surface area contributed by atoms with E-state index in [2.05, 4.69) is 11.6 Å². The zero-order chi connectivity index (χ0) is 13.8. The van der Waals surface area contributed by atoms with E-state index < -0.39 is 5.97 Å². The molecular formula is C15H21NO2S. The normalized spacial score (nSPS) is 23.1. The predicted octanol–water partition coefficient (Wildman–Crippen LogP) is 3.78. The fourth-order valence-corrected chi connectivity index (χ4v) is 3.37. The van der Waals surface area contributed by atoms with Crippen molar-refractivity contribution in [1.29, 1.82) is 0 Å². The summed E-state index contributed by atoms with van der Waals surface area (Å²) in [6.07, 6.45) is 6.85. The van der Waals surface area contributed by atoms with Crippen molar-refractivity contribution >= 4 is 23.4 Å². The van der Waals surface area contributed by atoms with Crippen LogP contribution in [-0.2, 0) is 0 Å². The summed E-state index contributed by atoms with van der Waals surface area (Å²) in [6.45, 7) is 1.92. The number of anilines is 1. The van der Waals surface area contributed by atoms with Crippen LogP contribution in [0.2, 0.25) is 0 Å². The topological polar surface area (TPSA) is 49.3 Å². The summed E-state index contributed by atoms with van der Waals surface area (Å²) in [6, 6.07) is 5.99. The number of nitrogens with one attached hydrogen (secondary N) is 1. The van der Waals surface area contributed by atoms with Gasteiger partial charge in [0.1, 0.15) is 0 Å². The molecule has 1 fully saturated rings. The molecule has 0 spiro atoms. The molecule has 0 unspecified atom stereocenters. The van der Waals surface area contributed by atoms with Gasteiger partial charge < -0.3 is 10.4 Å². The van der Waals surface area contributed by atoms with Gasteiger partial charge in [-0.3, -0.25) is 0 Å². The number of thioether (sulfide) groups is 1. The SMILES string of the molecule is CSC1CCC(Nc2ccc(C)cc2C(=O)O)CC1.